The van der Waals surface area contributed by atoms with Crippen LogP contribution in [0.1, 0.15) is 32.1 Å². The van der Waals surface area contributed by atoms with Crippen LogP contribution in [0.4, 0.5) is 16.3 Å². The van der Waals surface area contributed by atoms with Crippen molar-refractivity contribution in [3.05, 3.63) is 42.6 Å². The van der Waals surface area contributed by atoms with Gasteiger partial charge in [-0.15, -0.1) is 0 Å². The summed E-state index contributed by atoms with van der Waals surface area (Å²) in [4.78, 5) is 23.4. The Labute approximate surface area is 164 Å². The first kappa shape index (κ1) is 18.3. The van der Waals surface area contributed by atoms with Gasteiger partial charge in [0.1, 0.15) is 0 Å². The van der Waals surface area contributed by atoms with Gasteiger partial charge in [0.2, 0.25) is 0 Å². The fraction of sp³-hybridized carbons (Fsp3) is 0.429. The number of hydrogen-bond donors (Lipinski definition) is 0. The highest BCUT2D eigenvalue weighted by Crippen LogP contribution is 2.46. The van der Waals surface area contributed by atoms with Gasteiger partial charge >= 0.3 is 6.09 Å². The molecule has 2 aromatic rings. The molecule has 0 atom stereocenters. The van der Waals surface area contributed by atoms with Crippen LogP contribution in [0.15, 0.2) is 52.4 Å². The topological polar surface area (TPSA) is 45.7 Å². The lowest BCUT2D eigenvalue weighted by atomic mass is 10.2. The second kappa shape index (κ2) is 8.76. The van der Waals surface area contributed by atoms with Gasteiger partial charge in [0, 0.05) is 17.6 Å². The van der Waals surface area contributed by atoms with Crippen molar-refractivity contribution < 1.29 is 9.53 Å². The minimum absolute atomic E-state index is 0.349. The Hall–Kier alpha value is -2.05. The largest absolute Gasteiger partial charge is 0.449 e. The number of para-hydroxylation sites is 1. The molecule has 1 fully saturated rings. The first-order chi connectivity index (χ1) is 13.3. The first-order valence-electron chi connectivity index (χ1n) is 9.74. The minimum Gasteiger partial charge on any atom is -0.449 e. The molecule has 1 amide bonds. The molecule has 4 rings (SSSR count). The Morgan fingerprint density at radius 3 is 2.67 bits per heavy atom. The quantitative estimate of drug-likeness (QED) is 0.689. The average molecular weight is 384 g/mol. The lowest BCUT2D eigenvalue weighted by Crippen LogP contribution is -2.31. The van der Waals surface area contributed by atoms with E-state index in [1.54, 1.807) is 22.9 Å². The number of benzene rings is 1. The van der Waals surface area contributed by atoms with Gasteiger partial charge in [-0.2, -0.15) is 0 Å². The second-order valence-electron chi connectivity index (χ2n) is 6.95. The second-order valence-corrected chi connectivity index (χ2v) is 8.04. The van der Waals surface area contributed by atoms with Crippen LogP contribution in [0.2, 0.25) is 0 Å². The summed E-state index contributed by atoms with van der Waals surface area (Å²) in [6, 6.07) is 11.8. The fourth-order valence-electron chi connectivity index (χ4n) is 3.65. The maximum Gasteiger partial charge on any atom is 0.420 e. The molecule has 0 saturated carbocycles. The molecule has 1 aromatic carbocycles. The van der Waals surface area contributed by atoms with E-state index in [4.69, 9.17) is 4.74 Å². The van der Waals surface area contributed by atoms with Crippen molar-refractivity contribution in [2.45, 2.75) is 41.9 Å². The van der Waals surface area contributed by atoms with E-state index in [1.807, 2.05) is 36.4 Å². The van der Waals surface area contributed by atoms with Crippen LogP contribution in [0.25, 0.3) is 0 Å². The van der Waals surface area contributed by atoms with Crippen molar-refractivity contribution in [2.75, 3.05) is 31.1 Å². The Morgan fingerprint density at radius 1 is 1.04 bits per heavy atom. The first-order valence-corrected chi connectivity index (χ1v) is 10.6. The molecule has 0 bridgehead atoms. The number of hydrogen-bond acceptors (Lipinski definition) is 5. The minimum atomic E-state index is -0.349. The van der Waals surface area contributed by atoms with E-state index >= 15 is 0 Å². The average Bonchev–Trinajstić information content (AvgIpc) is 2.98. The summed E-state index contributed by atoms with van der Waals surface area (Å²) < 4.78 is 5.63. The number of carbonyl (C=O) groups excluding carboxylic acids is 1. The molecule has 0 spiro atoms. The molecule has 0 radical (unpaired) electrons. The van der Waals surface area contributed by atoms with E-state index in [1.165, 1.54) is 38.8 Å². The van der Waals surface area contributed by atoms with Crippen molar-refractivity contribution in [1.29, 1.82) is 0 Å². The van der Waals surface area contributed by atoms with Gasteiger partial charge in [-0.3, -0.25) is 0 Å². The molecule has 1 aromatic heterocycles. The normalized spacial score (nSPS) is 17.0. The number of anilines is 2. The van der Waals surface area contributed by atoms with Crippen LogP contribution in [0, 0.1) is 0 Å². The number of aromatic nitrogens is 1. The SMILES string of the molecule is O=C(OCCCN1CCCCCC1)N1c2ccccc2Sc2cccnc21. The molecule has 2 aliphatic heterocycles. The molecular weight excluding hydrogens is 358 g/mol. The summed E-state index contributed by atoms with van der Waals surface area (Å²) in [6.45, 7) is 3.77. The molecule has 2 aliphatic rings. The fourth-order valence-corrected chi connectivity index (χ4v) is 4.68. The standard InChI is InChI=1S/C21H25N3O2S/c25-21(26-16-8-15-23-13-5-1-2-6-14-23)24-17-9-3-4-10-18(17)27-19-11-7-12-22-20(19)24/h3-4,7,9-12H,1-2,5-6,8,13-16H2. The lowest BCUT2D eigenvalue weighted by Gasteiger charge is -2.29. The summed E-state index contributed by atoms with van der Waals surface area (Å²) in [5, 5.41) is 0. The lowest BCUT2D eigenvalue weighted by molar-refractivity contribution is 0.147. The number of carbonyl (C=O) groups is 1. The summed E-state index contributed by atoms with van der Waals surface area (Å²) in [5.41, 5.74) is 0.839. The van der Waals surface area contributed by atoms with Crippen molar-refractivity contribution in [1.82, 2.24) is 9.88 Å². The highest BCUT2D eigenvalue weighted by molar-refractivity contribution is 7.99. The molecule has 0 aliphatic carbocycles. The summed E-state index contributed by atoms with van der Waals surface area (Å²) >= 11 is 1.63. The summed E-state index contributed by atoms with van der Waals surface area (Å²) in [6.07, 6.45) is 7.47. The van der Waals surface area contributed by atoms with Gasteiger partial charge in [-0.1, -0.05) is 36.7 Å². The van der Waals surface area contributed by atoms with Gasteiger partial charge in [0.25, 0.3) is 0 Å². The third-order valence-corrected chi connectivity index (χ3v) is 6.12. The van der Waals surface area contributed by atoms with E-state index in [9.17, 15) is 4.79 Å². The van der Waals surface area contributed by atoms with Crippen LogP contribution < -0.4 is 4.90 Å². The Balaban J connectivity index is 1.40. The number of rotatable bonds is 4. The zero-order chi connectivity index (χ0) is 18.5. The van der Waals surface area contributed by atoms with E-state index in [-0.39, 0.29) is 6.09 Å². The third-order valence-electron chi connectivity index (χ3n) is 5.01. The van der Waals surface area contributed by atoms with Crippen LogP contribution in [-0.4, -0.2) is 42.2 Å². The van der Waals surface area contributed by atoms with Gasteiger partial charge in [-0.25, -0.2) is 14.7 Å². The molecule has 0 unspecified atom stereocenters. The van der Waals surface area contributed by atoms with Crippen LogP contribution >= 0.6 is 11.8 Å². The smallest absolute Gasteiger partial charge is 0.420 e. The van der Waals surface area contributed by atoms with E-state index in [2.05, 4.69) is 9.88 Å². The Kier molecular flexibility index (Phi) is 5.94. The monoisotopic (exact) mass is 383 g/mol. The van der Waals surface area contributed by atoms with Crippen molar-refractivity contribution in [2.24, 2.45) is 0 Å². The Morgan fingerprint density at radius 2 is 1.81 bits per heavy atom. The number of nitrogens with zero attached hydrogens (tertiary/aromatic N) is 3. The van der Waals surface area contributed by atoms with Crippen molar-refractivity contribution in [3.8, 4) is 0 Å². The molecule has 27 heavy (non-hydrogen) atoms. The van der Waals surface area contributed by atoms with E-state index in [0.717, 1.165) is 28.4 Å². The highest BCUT2D eigenvalue weighted by Gasteiger charge is 2.30. The third kappa shape index (κ3) is 4.28. The van der Waals surface area contributed by atoms with Crippen LogP contribution in [0.5, 0.6) is 0 Å². The number of pyridine rings is 1. The summed E-state index contributed by atoms with van der Waals surface area (Å²) in [7, 11) is 0. The zero-order valence-electron chi connectivity index (χ0n) is 15.5. The maximum atomic E-state index is 12.9. The molecule has 1 saturated heterocycles. The summed E-state index contributed by atoms with van der Waals surface area (Å²) in [5.74, 6) is 0.652. The predicted molar refractivity (Wildman–Crippen MR) is 108 cm³/mol. The van der Waals surface area contributed by atoms with Crippen molar-refractivity contribution in [3.63, 3.8) is 0 Å². The van der Waals surface area contributed by atoms with Gasteiger partial charge < -0.3 is 9.64 Å². The Bertz CT molecular complexity index is 745. The number of likely N-dealkylation sites (tertiary alicyclic amines) is 1. The van der Waals surface area contributed by atoms with E-state index in [0.29, 0.717) is 12.4 Å². The van der Waals surface area contributed by atoms with E-state index < -0.39 is 0 Å². The number of fused-ring (bicyclic) bond motifs is 2. The van der Waals surface area contributed by atoms with Gasteiger partial charge in [0.15, 0.2) is 5.82 Å². The molecule has 142 valence electrons. The van der Waals surface area contributed by atoms with Gasteiger partial charge in [0.05, 0.1) is 17.2 Å². The molecule has 5 nitrogen and oxygen atoms in total. The van der Waals surface area contributed by atoms with Crippen LogP contribution in [-0.2, 0) is 4.74 Å². The molecule has 6 heteroatoms. The molecule has 0 N–H and O–H groups in total. The zero-order valence-corrected chi connectivity index (χ0v) is 16.3. The van der Waals surface area contributed by atoms with Crippen molar-refractivity contribution >= 4 is 29.4 Å². The van der Waals surface area contributed by atoms with Crippen LogP contribution in [0.3, 0.4) is 0 Å². The number of amides is 1. The number of ether oxygens (including phenoxy) is 1. The van der Waals surface area contributed by atoms with Gasteiger partial charge in [-0.05, 0) is 56.6 Å². The maximum absolute atomic E-state index is 12.9. The predicted octanol–water partition coefficient (Wildman–Crippen LogP) is 5.09. The highest BCUT2D eigenvalue weighted by atomic mass is 32.2. The molecule has 3 heterocycles. The molecular formula is C21H25N3O2S.